The molecule has 2 heteroatoms. The zero-order valence-corrected chi connectivity index (χ0v) is 8.16. The van der Waals surface area contributed by atoms with E-state index in [1.165, 1.54) is 25.7 Å². The van der Waals surface area contributed by atoms with Gasteiger partial charge < -0.3 is 4.90 Å². The first-order chi connectivity index (χ1) is 4.72. The van der Waals surface area contributed by atoms with E-state index < -0.39 is 0 Å². The van der Waals surface area contributed by atoms with Gasteiger partial charge in [0.05, 0.1) is 0 Å². The van der Waals surface area contributed by atoms with Crippen LogP contribution in [-0.2, 0) is 0 Å². The molecule has 10 heavy (non-hydrogen) atoms. The van der Waals surface area contributed by atoms with Crippen molar-refractivity contribution in [1.29, 1.82) is 0 Å². The van der Waals surface area contributed by atoms with E-state index in [1.54, 1.807) is 0 Å². The Hall–Kier alpha value is 0.390. The Balaban J connectivity index is 2.40. The third kappa shape index (κ3) is 1.93. The third-order valence-electron chi connectivity index (χ3n) is 2.44. The predicted octanol–water partition coefficient (Wildman–Crippen LogP) is 1.73. The molecule has 1 nitrogen and oxygen atoms in total. The molecule has 0 amide bonds. The molecular formula is C8H18NP. The lowest BCUT2D eigenvalue weighted by molar-refractivity contribution is 0.236. The van der Waals surface area contributed by atoms with E-state index in [-0.39, 0.29) is 0 Å². The van der Waals surface area contributed by atoms with Gasteiger partial charge in [0, 0.05) is 6.04 Å². The molecule has 3 atom stereocenters. The van der Waals surface area contributed by atoms with Crippen LogP contribution in [-0.4, -0.2) is 30.7 Å². The lowest BCUT2D eigenvalue weighted by atomic mass is 9.94. The molecule has 1 fully saturated rings. The second-order valence-electron chi connectivity index (χ2n) is 3.48. The predicted molar refractivity (Wildman–Crippen MR) is 49.4 cm³/mol. The molecule has 0 aliphatic heterocycles. The number of hydrogen-bond donors (Lipinski definition) is 0. The Morgan fingerprint density at radius 2 is 1.80 bits per heavy atom. The van der Waals surface area contributed by atoms with Crippen LogP contribution in [0.3, 0.4) is 0 Å². The Morgan fingerprint density at radius 3 is 2.20 bits per heavy atom. The highest BCUT2D eigenvalue weighted by Gasteiger charge is 2.22. The number of rotatable bonds is 1. The highest BCUT2D eigenvalue weighted by molar-refractivity contribution is 7.17. The van der Waals surface area contributed by atoms with Gasteiger partial charge in [-0.05, 0) is 32.6 Å². The lowest BCUT2D eigenvalue weighted by Gasteiger charge is -2.33. The van der Waals surface area contributed by atoms with E-state index in [2.05, 4.69) is 28.2 Å². The van der Waals surface area contributed by atoms with E-state index in [0.29, 0.717) is 0 Å². The quantitative estimate of drug-likeness (QED) is 0.527. The first-order valence-electron chi connectivity index (χ1n) is 4.14. The van der Waals surface area contributed by atoms with Crippen LogP contribution >= 0.6 is 9.24 Å². The average molecular weight is 159 g/mol. The molecule has 0 radical (unpaired) electrons. The minimum Gasteiger partial charge on any atom is -0.306 e. The van der Waals surface area contributed by atoms with Crippen LogP contribution in [0.25, 0.3) is 0 Å². The van der Waals surface area contributed by atoms with Crippen molar-refractivity contribution in [2.24, 2.45) is 0 Å². The van der Waals surface area contributed by atoms with Crippen LogP contribution in [0.1, 0.15) is 25.7 Å². The summed E-state index contributed by atoms with van der Waals surface area (Å²) in [4.78, 5) is 2.36. The van der Waals surface area contributed by atoms with E-state index in [1.807, 2.05) is 0 Å². The van der Waals surface area contributed by atoms with Gasteiger partial charge in [-0.1, -0.05) is 12.8 Å². The van der Waals surface area contributed by atoms with Crippen LogP contribution < -0.4 is 0 Å². The van der Waals surface area contributed by atoms with E-state index in [9.17, 15) is 0 Å². The number of hydrogen-bond acceptors (Lipinski definition) is 1. The van der Waals surface area contributed by atoms with E-state index in [0.717, 1.165) is 11.7 Å². The summed E-state index contributed by atoms with van der Waals surface area (Å²) >= 11 is 0. The SMILES string of the molecule is CN(C)[C@H]1CCCC[C@@H]1P. The van der Waals surface area contributed by atoms with Crippen molar-refractivity contribution in [2.75, 3.05) is 14.1 Å². The van der Waals surface area contributed by atoms with Gasteiger partial charge in [-0.25, -0.2) is 0 Å². The molecule has 1 aliphatic carbocycles. The van der Waals surface area contributed by atoms with Crippen molar-refractivity contribution in [3.8, 4) is 0 Å². The summed E-state index contributed by atoms with van der Waals surface area (Å²) in [7, 11) is 7.35. The van der Waals surface area contributed by atoms with Crippen molar-refractivity contribution < 1.29 is 0 Å². The van der Waals surface area contributed by atoms with E-state index in [4.69, 9.17) is 0 Å². The van der Waals surface area contributed by atoms with Crippen molar-refractivity contribution in [2.45, 2.75) is 37.4 Å². The van der Waals surface area contributed by atoms with Gasteiger partial charge in [0.15, 0.2) is 0 Å². The number of nitrogens with zero attached hydrogens (tertiary/aromatic N) is 1. The largest absolute Gasteiger partial charge is 0.306 e. The van der Waals surface area contributed by atoms with Gasteiger partial charge in [0.25, 0.3) is 0 Å². The molecule has 1 unspecified atom stereocenters. The zero-order chi connectivity index (χ0) is 7.56. The summed E-state index contributed by atoms with van der Waals surface area (Å²) in [5.74, 6) is 0. The Morgan fingerprint density at radius 1 is 1.20 bits per heavy atom. The van der Waals surface area contributed by atoms with Crippen LogP contribution in [0, 0.1) is 0 Å². The molecule has 0 bridgehead atoms. The highest BCUT2D eigenvalue weighted by atomic mass is 31.0. The molecule has 0 N–H and O–H groups in total. The summed E-state index contributed by atoms with van der Waals surface area (Å²) in [5, 5.41) is 0. The van der Waals surface area contributed by atoms with Crippen LogP contribution in [0.4, 0.5) is 0 Å². The van der Waals surface area contributed by atoms with Crippen molar-refractivity contribution in [3.05, 3.63) is 0 Å². The first kappa shape index (κ1) is 8.49. The normalized spacial score (nSPS) is 34.8. The standard InChI is InChI=1S/C8H18NP/c1-9(2)7-5-3-4-6-8(7)10/h7-8H,3-6,10H2,1-2H3/t7-,8-/m0/s1. The van der Waals surface area contributed by atoms with Crippen LogP contribution in [0.2, 0.25) is 0 Å². The smallest absolute Gasteiger partial charge is 0.0152 e. The molecule has 0 spiro atoms. The molecule has 1 rings (SSSR count). The third-order valence-corrected chi connectivity index (χ3v) is 3.22. The van der Waals surface area contributed by atoms with E-state index >= 15 is 0 Å². The van der Waals surface area contributed by atoms with Crippen LogP contribution in [0.5, 0.6) is 0 Å². The monoisotopic (exact) mass is 159 g/mol. The second-order valence-corrected chi connectivity index (χ2v) is 4.34. The fraction of sp³-hybridized carbons (Fsp3) is 1.00. The summed E-state index contributed by atoms with van der Waals surface area (Å²) in [6.07, 6.45) is 5.64. The summed E-state index contributed by atoms with van der Waals surface area (Å²) in [6.45, 7) is 0. The Kier molecular flexibility index (Phi) is 3.13. The highest BCUT2D eigenvalue weighted by Crippen LogP contribution is 2.26. The fourth-order valence-electron chi connectivity index (χ4n) is 1.78. The average Bonchev–Trinajstić information content (AvgIpc) is 1.88. The molecule has 0 heterocycles. The van der Waals surface area contributed by atoms with Crippen molar-refractivity contribution >= 4 is 9.24 Å². The molecular weight excluding hydrogens is 141 g/mol. The maximum atomic E-state index is 2.97. The van der Waals surface area contributed by atoms with Gasteiger partial charge in [-0.2, -0.15) is 0 Å². The maximum absolute atomic E-state index is 2.97. The summed E-state index contributed by atoms with van der Waals surface area (Å²) in [5.41, 5.74) is 0.837. The Bertz CT molecular complexity index is 103. The minimum atomic E-state index is 0.818. The molecule has 0 saturated heterocycles. The second kappa shape index (κ2) is 3.69. The van der Waals surface area contributed by atoms with Gasteiger partial charge in [0.1, 0.15) is 0 Å². The first-order valence-corrected chi connectivity index (χ1v) is 4.80. The maximum Gasteiger partial charge on any atom is 0.0152 e. The Labute approximate surface area is 66.4 Å². The van der Waals surface area contributed by atoms with Gasteiger partial charge in [-0.3, -0.25) is 0 Å². The molecule has 0 aromatic carbocycles. The van der Waals surface area contributed by atoms with Crippen molar-refractivity contribution in [3.63, 3.8) is 0 Å². The van der Waals surface area contributed by atoms with Crippen molar-refractivity contribution in [1.82, 2.24) is 4.90 Å². The van der Waals surface area contributed by atoms with Gasteiger partial charge in [-0.15, -0.1) is 9.24 Å². The van der Waals surface area contributed by atoms with Gasteiger partial charge >= 0.3 is 0 Å². The molecule has 0 aromatic rings. The molecule has 60 valence electrons. The van der Waals surface area contributed by atoms with Gasteiger partial charge in [0.2, 0.25) is 0 Å². The fourth-order valence-corrected chi connectivity index (χ4v) is 2.55. The topological polar surface area (TPSA) is 3.24 Å². The summed E-state index contributed by atoms with van der Waals surface area (Å²) < 4.78 is 0. The zero-order valence-electron chi connectivity index (χ0n) is 7.01. The minimum absolute atomic E-state index is 0.818. The molecule has 1 aliphatic rings. The molecule has 0 aromatic heterocycles. The summed E-state index contributed by atoms with van der Waals surface area (Å²) in [6, 6.07) is 0.818. The lowest BCUT2D eigenvalue weighted by Crippen LogP contribution is -2.37. The molecule has 1 saturated carbocycles. The van der Waals surface area contributed by atoms with Crippen LogP contribution in [0.15, 0.2) is 0 Å².